The predicted octanol–water partition coefficient (Wildman–Crippen LogP) is 3.00. The van der Waals surface area contributed by atoms with E-state index in [9.17, 15) is 22.7 Å². The maximum Gasteiger partial charge on any atom is 0.275 e. The quantitative estimate of drug-likeness (QED) is 0.512. The van der Waals surface area contributed by atoms with Crippen molar-refractivity contribution < 1.29 is 22.7 Å². The third kappa shape index (κ3) is 3.22. The smallest absolute Gasteiger partial charge is 0.275 e. The van der Waals surface area contributed by atoms with Crippen LogP contribution in [0.3, 0.4) is 0 Å². The van der Waals surface area contributed by atoms with E-state index in [1.54, 1.807) is 6.07 Å². The van der Waals surface area contributed by atoms with Crippen molar-refractivity contribution in [1.29, 1.82) is 0 Å². The minimum absolute atomic E-state index is 0.0123. The zero-order chi connectivity index (χ0) is 19.9. The van der Waals surface area contributed by atoms with Gasteiger partial charge in [0, 0.05) is 12.0 Å². The normalized spacial score (nSPS) is 16.7. The Morgan fingerprint density at radius 1 is 1.07 bits per heavy atom. The molecule has 2 N–H and O–H groups in total. The number of carbonyl (C=O) groups is 1. The minimum Gasteiger partial charge on any atom is -0.507 e. The highest BCUT2D eigenvalue weighted by atomic mass is 32.2. The molecule has 0 saturated heterocycles. The molecule has 28 heavy (non-hydrogen) atoms. The number of hydrogen-bond donors (Lipinski definition) is 2. The van der Waals surface area contributed by atoms with Crippen LogP contribution in [0.5, 0.6) is 5.75 Å². The van der Waals surface area contributed by atoms with E-state index in [0.29, 0.717) is 0 Å². The minimum atomic E-state index is -3.51. The van der Waals surface area contributed by atoms with Gasteiger partial charge in [-0.1, -0.05) is 24.3 Å². The lowest BCUT2D eigenvalue weighted by Crippen LogP contribution is -2.26. The standard InChI is InChI=1S/C20H15FN2O4S/c21-14-5-6-19-15(11-14)17(7-8-28(19,26)27)22-23-20(25)16-9-12-3-1-2-4-13(12)10-18(16)24/h1-6,9-11,24H,7-8H2,(H,23,25). The number of nitrogens with zero attached hydrogens (tertiary/aromatic N) is 1. The molecule has 0 radical (unpaired) electrons. The molecule has 0 saturated carbocycles. The summed E-state index contributed by atoms with van der Waals surface area (Å²) in [6, 6.07) is 13.6. The van der Waals surface area contributed by atoms with Crippen molar-refractivity contribution in [2.24, 2.45) is 5.10 Å². The number of halogens is 1. The highest BCUT2D eigenvalue weighted by Crippen LogP contribution is 2.27. The molecule has 1 heterocycles. The Labute approximate surface area is 160 Å². The number of sulfone groups is 1. The van der Waals surface area contributed by atoms with Crippen LogP contribution in [0.15, 0.2) is 64.6 Å². The summed E-state index contributed by atoms with van der Waals surface area (Å²) in [6.07, 6.45) is 0.0444. The second-order valence-electron chi connectivity index (χ2n) is 6.43. The van der Waals surface area contributed by atoms with Crippen molar-refractivity contribution in [3.05, 3.63) is 71.5 Å². The summed E-state index contributed by atoms with van der Waals surface area (Å²) in [5.74, 6) is -1.63. The van der Waals surface area contributed by atoms with Crippen LogP contribution in [0.25, 0.3) is 10.8 Å². The van der Waals surface area contributed by atoms with Gasteiger partial charge in [-0.3, -0.25) is 4.79 Å². The molecular weight excluding hydrogens is 383 g/mol. The van der Waals surface area contributed by atoms with Gasteiger partial charge in [0.1, 0.15) is 11.6 Å². The molecule has 0 aliphatic carbocycles. The van der Waals surface area contributed by atoms with Crippen molar-refractivity contribution >= 4 is 32.2 Å². The molecule has 1 amide bonds. The summed E-state index contributed by atoms with van der Waals surface area (Å²) < 4.78 is 37.9. The molecule has 3 aromatic carbocycles. The number of phenols is 1. The fraction of sp³-hybridized carbons (Fsp3) is 0.100. The fourth-order valence-electron chi connectivity index (χ4n) is 3.18. The number of aromatic hydroxyl groups is 1. The van der Waals surface area contributed by atoms with Gasteiger partial charge in [0.05, 0.1) is 21.9 Å². The summed E-state index contributed by atoms with van der Waals surface area (Å²) >= 11 is 0. The van der Waals surface area contributed by atoms with Crippen LogP contribution in [0.4, 0.5) is 4.39 Å². The topological polar surface area (TPSA) is 95.8 Å². The van der Waals surface area contributed by atoms with Gasteiger partial charge < -0.3 is 5.11 Å². The summed E-state index contributed by atoms with van der Waals surface area (Å²) in [5.41, 5.74) is 2.76. The van der Waals surface area contributed by atoms with E-state index < -0.39 is 21.6 Å². The first-order valence-corrected chi connectivity index (χ1v) is 10.1. The Kier molecular flexibility index (Phi) is 4.35. The van der Waals surface area contributed by atoms with Gasteiger partial charge >= 0.3 is 0 Å². The van der Waals surface area contributed by atoms with E-state index in [1.807, 2.05) is 24.3 Å². The molecule has 0 spiro atoms. The molecule has 0 fully saturated rings. The third-order valence-corrected chi connectivity index (χ3v) is 6.36. The van der Waals surface area contributed by atoms with Crippen molar-refractivity contribution in [2.75, 3.05) is 5.75 Å². The summed E-state index contributed by atoms with van der Waals surface area (Å²) in [5, 5.41) is 15.7. The van der Waals surface area contributed by atoms with E-state index in [4.69, 9.17) is 0 Å². The van der Waals surface area contributed by atoms with Crippen LogP contribution in [0, 0.1) is 5.82 Å². The fourth-order valence-corrected chi connectivity index (χ4v) is 4.65. The van der Waals surface area contributed by atoms with Crippen molar-refractivity contribution in [1.82, 2.24) is 5.43 Å². The van der Waals surface area contributed by atoms with E-state index in [0.717, 1.165) is 22.9 Å². The zero-order valence-corrected chi connectivity index (χ0v) is 15.3. The Morgan fingerprint density at radius 3 is 2.54 bits per heavy atom. The molecule has 142 valence electrons. The highest BCUT2D eigenvalue weighted by Gasteiger charge is 2.28. The maximum atomic E-state index is 13.6. The average Bonchev–Trinajstić information content (AvgIpc) is 2.66. The van der Waals surface area contributed by atoms with Gasteiger partial charge in [-0.15, -0.1) is 0 Å². The van der Waals surface area contributed by atoms with Gasteiger partial charge in [-0.2, -0.15) is 5.10 Å². The van der Waals surface area contributed by atoms with E-state index in [1.165, 1.54) is 12.1 Å². The number of carbonyl (C=O) groups excluding carboxylic acids is 1. The number of hydrogen-bond acceptors (Lipinski definition) is 5. The van der Waals surface area contributed by atoms with E-state index >= 15 is 0 Å². The predicted molar refractivity (Wildman–Crippen MR) is 103 cm³/mol. The summed E-state index contributed by atoms with van der Waals surface area (Å²) in [7, 11) is -3.51. The second kappa shape index (κ2) is 6.72. The molecule has 6 nitrogen and oxygen atoms in total. The van der Waals surface area contributed by atoms with Gasteiger partial charge in [0.15, 0.2) is 9.84 Å². The summed E-state index contributed by atoms with van der Waals surface area (Å²) in [6.45, 7) is 0. The van der Waals surface area contributed by atoms with E-state index in [-0.39, 0.29) is 39.7 Å². The largest absolute Gasteiger partial charge is 0.507 e. The number of phenolic OH excluding ortho intramolecular Hbond substituents is 1. The molecule has 1 aliphatic heterocycles. The van der Waals surface area contributed by atoms with Crippen molar-refractivity contribution in [3.63, 3.8) is 0 Å². The Hall–Kier alpha value is -3.26. The zero-order valence-electron chi connectivity index (χ0n) is 14.5. The molecule has 0 aromatic heterocycles. The van der Waals surface area contributed by atoms with Crippen LogP contribution in [-0.4, -0.2) is 30.9 Å². The van der Waals surface area contributed by atoms with Gasteiger partial charge in [-0.05, 0) is 41.1 Å². The molecule has 0 atom stereocenters. The number of amides is 1. The van der Waals surface area contributed by atoms with Crippen molar-refractivity contribution in [2.45, 2.75) is 11.3 Å². The molecule has 0 bridgehead atoms. The number of hydrazone groups is 1. The molecule has 3 aromatic rings. The Morgan fingerprint density at radius 2 is 1.79 bits per heavy atom. The van der Waals surface area contributed by atoms with Crippen LogP contribution < -0.4 is 5.43 Å². The lowest BCUT2D eigenvalue weighted by Gasteiger charge is -2.18. The number of fused-ring (bicyclic) bond motifs is 2. The first kappa shape index (κ1) is 18.1. The van der Waals surface area contributed by atoms with Crippen molar-refractivity contribution in [3.8, 4) is 5.75 Å². The number of benzene rings is 3. The second-order valence-corrected chi connectivity index (χ2v) is 8.50. The Balaban J connectivity index is 1.67. The first-order chi connectivity index (χ1) is 13.3. The molecule has 0 unspecified atom stereocenters. The maximum absolute atomic E-state index is 13.6. The van der Waals surface area contributed by atoms with Gasteiger partial charge in [0.25, 0.3) is 5.91 Å². The van der Waals surface area contributed by atoms with Crippen LogP contribution in [0.1, 0.15) is 22.3 Å². The lowest BCUT2D eigenvalue weighted by atomic mass is 10.1. The average molecular weight is 398 g/mol. The van der Waals surface area contributed by atoms with Crippen LogP contribution in [-0.2, 0) is 9.84 Å². The lowest BCUT2D eigenvalue weighted by molar-refractivity contribution is 0.0952. The SMILES string of the molecule is O=C(NN=C1CCS(=O)(=O)c2ccc(F)cc21)c1cc2ccccc2cc1O. The highest BCUT2D eigenvalue weighted by molar-refractivity contribution is 7.91. The third-order valence-electron chi connectivity index (χ3n) is 4.60. The summed E-state index contributed by atoms with van der Waals surface area (Å²) in [4.78, 5) is 12.5. The van der Waals surface area contributed by atoms with E-state index in [2.05, 4.69) is 10.5 Å². The van der Waals surface area contributed by atoms with Crippen LogP contribution in [0.2, 0.25) is 0 Å². The van der Waals surface area contributed by atoms with Gasteiger partial charge in [-0.25, -0.2) is 18.2 Å². The first-order valence-electron chi connectivity index (χ1n) is 8.46. The molecule has 4 rings (SSSR count). The molecule has 1 aliphatic rings. The number of nitrogens with one attached hydrogen (secondary N) is 1. The Bertz CT molecular complexity index is 1250. The van der Waals surface area contributed by atoms with Crippen LogP contribution >= 0.6 is 0 Å². The van der Waals surface area contributed by atoms with Gasteiger partial charge in [0.2, 0.25) is 0 Å². The molecular formula is C20H15FN2O4S. The molecule has 8 heteroatoms. The number of rotatable bonds is 2. The monoisotopic (exact) mass is 398 g/mol.